The number of hydrogen-bond acceptors (Lipinski definition) is 4. The first-order chi connectivity index (χ1) is 11.2. The smallest absolute Gasteiger partial charge is 0.271 e. The van der Waals surface area contributed by atoms with Crippen molar-refractivity contribution in [2.24, 2.45) is 0 Å². The largest absolute Gasteiger partial charge is 0.381 e. The number of rotatable bonds is 6. The molecule has 0 aliphatic rings. The van der Waals surface area contributed by atoms with Crippen molar-refractivity contribution >= 4 is 28.4 Å². The number of nitrogens with zero attached hydrogens (tertiary/aromatic N) is 3. The van der Waals surface area contributed by atoms with Gasteiger partial charge in [-0.25, -0.2) is 9.97 Å². The molecule has 3 aromatic rings. The molecule has 120 valence electrons. The highest BCUT2D eigenvalue weighted by atomic mass is 16.1. The number of para-hydroxylation sites is 2. The van der Waals surface area contributed by atoms with Crippen molar-refractivity contribution in [3.63, 3.8) is 0 Å². The molecule has 0 saturated heterocycles. The zero-order valence-electron chi connectivity index (χ0n) is 13.2. The van der Waals surface area contributed by atoms with Gasteiger partial charge in [0.15, 0.2) is 11.5 Å². The maximum absolute atomic E-state index is 12.3. The Morgan fingerprint density at radius 3 is 2.87 bits per heavy atom. The molecule has 0 spiro atoms. The van der Waals surface area contributed by atoms with E-state index in [-0.39, 0.29) is 11.7 Å². The fourth-order valence-corrected chi connectivity index (χ4v) is 2.64. The van der Waals surface area contributed by atoms with Crippen LogP contribution in [0.25, 0.3) is 16.7 Å². The first kappa shape index (κ1) is 15.3. The minimum absolute atomic E-state index is 0.201. The molecule has 0 unspecified atom stereocenters. The third-order valence-electron chi connectivity index (χ3n) is 3.87. The van der Waals surface area contributed by atoms with Crippen LogP contribution in [0.1, 0.15) is 43.1 Å². The summed E-state index contributed by atoms with van der Waals surface area (Å²) in [6, 6.07) is 7.71. The molecule has 6 heteroatoms. The molecule has 0 bridgehead atoms. The highest BCUT2D eigenvalue weighted by Crippen LogP contribution is 2.19. The fraction of sp³-hybridized carbons (Fsp3) is 0.353. The lowest BCUT2D eigenvalue weighted by molar-refractivity contribution is 0.0947. The van der Waals surface area contributed by atoms with Crippen LogP contribution in [0, 0.1) is 0 Å². The molecule has 2 aromatic heterocycles. The molecule has 2 heterocycles. The molecule has 1 amide bonds. The summed E-state index contributed by atoms with van der Waals surface area (Å²) in [5, 5.41) is 2.90. The number of anilines is 1. The Balaban J connectivity index is 1.84. The normalized spacial score (nSPS) is 11.2. The molecule has 3 rings (SSSR count). The van der Waals surface area contributed by atoms with E-state index in [4.69, 9.17) is 5.73 Å². The van der Waals surface area contributed by atoms with Gasteiger partial charge in [-0.3, -0.25) is 9.20 Å². The van der Waals surface area contributed by atoms with E-state index in [0.29, 0.717) is 17.9 Å². The van der Waals surface area contributed by atoms with Crippen LogP contribution in [0.15, 0.2) is 30.5 Å². The number of carbonyl (C=O) groups excluding carboxylic acids is 1. The lowest BCUT2D eigenvalue weighted by Gasteiger charge is -2.06. The second kappa shape index (κ2) is 6.64. The zero-order chi connectivity index (χ0) is 16.2. The van der Waals surface area contributed by atoms with Crippen LogP contribution in [0.5, 0.6) is 0 Å². The summed E-state index contributed by atoms with van der Waals surface area (Å²) in [6.07, 6.45) is 6.16. The molecule has 0 radical (unpaired) electrons. The first-order valence-corrected chi connectivity index (χ1v) is 8.02. The molecule has 3 N–H and O–H groups in total. The van der Waals surface area contributed by atoms with Gasteiger partial charge in [0, 0.05) is 12.7 Å². The maximum atomic E-state index is 12.3. The Labute approximate surface area is 134 Å². The molecule has 1 aromatic carbocycles. The Morgan fingerprint density at radius 1 is 1.22 bits per heavy atom. The molecule has 0 saturated carbocycles. The molecule has 0 aliphatic carbocycles. The molecular formula is C17H21N5O. The van der Waals surface area contributed by atoms with Gasteiger partial charge in [-0.1, -0.05) is 38.3 Å². The lowest BCUT2D eigenvalue weighted by Crippen LogP contribution is -2.26. The van der Waals surface area contributed by atoms with Gasteiger partial charge in [-0.2, -0.15) is 0 Å². The van der Waals surface area contributed by atoms with E-state index >= 15 is 0 Å². The van der Waals surface area contributed by atoms with E-state index in [0.717, 1.165) is 23.9 Å². The molecule has 23 heavy (non-hydrogen) atoms. The van der Waals surface area contributed by atoms with Crippen molar-refractivity contribution in [1.82, 2.24) is 19.7 Å². The Morgan fingerprint density at radius 2 is 2.04 bits per heavy atom. The van der Waals surface area contributed by atoms with Gasteiger partial charge in [-0.15, -0.1) is 0 Å². The van der Waals surface area contributed by atoms with E-state index in [9.17, 15) is 4.79 Å². The molecule has 0 aliphatic heterocycles. The number of imidazole rings is 1. The van der Waals surface area contributed by atoms with Crippen molar-refractivity contribution in [3.05, 3.63) is 36.2 Å². The highest BCUT2D eigenvalue weighted by molar-refractivity contribution is 5.94. The van der Waals surface area contributed by atoms with E-state index < -0.39 is 0 Å². The number of nitrogens with two attached hydrogens (primary N) is 1. The fourth-order valence-electron chi connectivity index (χ4n) is 2.64. The number of carbonyl (C=O) groups is 1. The summed E-state index contributed by atoms with van der Waals surface area (Å²) in [6.45, 7) is 2.82. The van der Waals surface area contributed by atoms with Crippen LogP contribution in [-0.2, 0) is 0 Å². The van der Waals surface area contributed by atoms with Crippen LogP contribution >= 0.6 is 0 Å². The second-order valence-corrected chi connectivity index (χ2v) is 5.62. The molecule has 6 nitrogen and oxygen atoms in total. The van der Waals surface area contributed by atoms with Gasteiger partial charge in [-0.05, 0) is 18.6 Å². The topological polar surface area (TPSA) is 85.3 Å². The number of nitrogen functional groups attached to an aromatic ring is 1. The summed E-state index contributed by atoms with van der Waals surface area (Å²) >= 11 is 0. The standard InChI is InChI=1S/C17H21N5O/c1-2-3-4-7-10-19-17(23)13-11-22-14-9-6-5-8-12(14)21-16(22)15(18)20-13/h5-6,8-9,11H,2-4,7,10H2,1H3,(H2,18,20)(H,19,23). The number of amides is 1. The zero-order valence-corrected chi connectivity index (χ0v) is 13.2. The van der Waals surface area contributed by atoms with Gasteiger partial charge in [0.2, 0.25) is 0 Å². The van der Waals surface area contributed by atoms with Crippen molar-refractivity contribution in [2.45, 2.75) is 32.6 Å². The molecular weight excluding hydrogens is 290 g/mol. The number of benzene rings is 1. The summed E-state index contributed by atoms with van der Waals surface area (Å²) in [5.41, 5.74) is 8.61. The lowest BCUT2D eigenvalue weighted by atomic mass is 10.2. The average molecular weight is 311 g/mol. The van der Waals surface area contributed by atoms with Gasteiger partial charge >= 0.3 is 0 Å². The van der Waals surface area contributed by atoms with Crippen LogP contribution in [-0.4, -0.2) is 26.8 Å². The Bertz CT molecular complexity index is 839. The summed E-state index contributed by atoms with van der Waals surface area (Å²) in [7, 11) is 0. The third kappa shape index (κ3) is 3.11. The second-order valence-electron chi connectivity index (χ2n) is 5.62. The van der Waals surface area contributed by atoms with Crippen molar-refractivity contribution in [1.29, 1.82) is 0 Å². The minimum Gasteiger partial charge on any atom is -0.381 e. The molecule has 0 atom stereocenters. The average Bonchev–Trinajstić information content (AvgIpc) is 2.94. The third-order valence-corrected chi connectivity index (χ3v) is 3.87. The summed E-state index contributed by atoms with van der Waals surface area (Å²) in [4.78, 5) is 20.9. The van der Waals surface area contributed by atoms with E-state index in [1.807, 2.05) is 28.7 Å². The van der Waals surface area contributed by atoms with Gasteiger partial charge in [0.05, 0.1) is 11.0 Å². The number of fused-ring (bicyclic) bond motifs is 3. The van der Waals surface area contributed by atoms with Gasteiger partial charge < -0.3 is 11.1 Å². The predicted octanol–water partition coefficient (Wildman–Crippen LogP) is 2.77. The Kier molecular flexibility index (Phi) is 4.41. The van der Waals surface area contributed by atoms with Crippen LogP contribution in [0.2, 0.25) is 0 Å². The number of hydrogen-bond donors (Lipinski definition) is 2. The SMILES string of the molecule is CCCCCCNC(=O)c1cn2c(nc3ccccc32)c(N)n1. The Hall–Kier alpha value is -2.63. The van der Waals surface area contributed by atoms with Crippen molar-refractivity contribution < 1.29 is 4.79 Å². The van der Waals surface area contributed by atoms with Crippen LogP contribution in [0.3, 0.4) is 0 Å². The first-order valence-electron chi connectivity index (χ1n) is 8.02. The summed E-state index contributed by atoms with van der Waals surface area (Å²) in [5.74, 6) is 0.0627. The van der Waals surface area contributed by atoms with Gasteiger partial charge in [0.25, 0.3) is 5.91 Å². The van der Waals surface area contributed by atoms with E-state index in [2.05, 4.69) is 22.2 Å². The monoisotopic (exact) mass is 311 g/mol. The van der Waals surface area contributed by atoms with Crippen molar-refractivity contribution in [3.8, 4) is 0 Å². The van der Waals surface area contributed by atoms with Crippen LogP contribution < -0.4 is 11.1 Å². The highest BCUT2D eigenvalue weighted by Gasteiger charge is 2.13. The molecule has 0 fully saturated rings. The van der Waals surface area contributed by atoms with Crippen molar-refractivity contribution in [2.75, 3.05) is 12.3 Å². The van der Waals surface area contributed by atoms with E-state index in [1.54, 1.807) is 6.20 Å². The van der Waals surface area contributed by atoms with Gasteiger partial charge in [0.1, 0.15) is 5.69 Å². The van der Waals surface area contributed by atoms with Crippen LogP contribution in [0.4, 0.5) is 5.82 Å². The number of aromatic nitrogens is 3. The number of nitrogens with one attached hydrogen (secondary N) is 1. The number of unbranched alkanes of at least 4 members (excludes halogenated alkanes) is 3. The van der Waals surface area contributed by atoms with E-state index in [1.165, 1.54) is 12.8 Å². The quantitative estimate of drug-likeness (QED) is 0.685. The predicted molar refractivity (Wildman–Crippen MR) is 91.4 cm³/mol. The summed E-state index contributed by atoms with van der Waals surface area (Å²) < 4.78 is 1.82. The maximum Gasteiger partial charge on any atom is 0.271 e. The minimum atomic E-state index is -0.201.